The summed E-state index contributed by atoms with van der Waals surface area (Å²) in [5.41, 5.74) is 0.672. The predicted molar refractivity (Wildman–Crippen MR) is 115 cm³/mol. The minimum atomic E-state index is -0.877. The predicted octanol–water partition coefficient (Wildman–Crippen LogP) is 3.36. The number of thiazole rings is 1. The minimum Gasteiger partial charge on any atom is -0.497 e. The Bertz CT molecular complexity index is 989. The second-order valence-corrected chi connectivity index (χ2v) is 8.83. The first-order valence-corrected chi connectivity index (χ1v) is 11.2. The number of urea groups is 1. The van der Waals surface area contributed by atoms with E-state index in [1.807, 2.05) is 36.6 Å². The average molecular weight is 444 g/mol. The molecule has 8 nitrogen and oxygen atoms in total. The number of nitrogens with zero attached hydrogens (tertiary/aromatic N) is 2. The molecule has 4 rings (SSSR count). The Hall–Kier alpha value is -2.94. The lowest BCUT2D eigenvalue weighted by molar-refractivity contribution is -0.149. The van der Waals surface area contributed by atoms with Gasteiger partial charge in [0.15, 0.2) is 0 Å². The topological polar surface area (TPSA) is 97.8 Å². The summed E-state index contributed by atoms with van der Waals surface area (Å²) >= 11 is 1.44. The molecule has 1 saturated heterocycles. The molecule has 2 atom stereocenters. The molecule has 2 aliphatic rings. The van der Waals surface area contributed by atoms with Crippen molar-refractivity contribution in [2.75, 3.05) is 13.7 Å². The van der Waals surface area contributed by atoms with Crippen LogP contribution in [0.15, 0.2) is 29.6 Å². The highest BCUT2D eigenvalue weighted by atomic mass is 32.1. The summed E-state index contributed by atoms with van der Waals surface area (Å²) in [6.45, 7) is 1.56. The number of carbonyl (C=O) groups excluding carboxylic acids is 3. The summed E-state index contributed by atoms with van der Waals surface area (Å²) in [5.74, 6) is -0.149. The molecule has 9 heteroatoms. The lowest BCUT2D eigenvalue weighted by Crippen LogP contribution is -2.54. The average Bonchev–Trinajstić information content (AvgIpc) is 3.34. The number of esters is 1. The zero-order valence-corrected chi connectivity index (χ0v) is 18.4. The van der Waals surface area contributed by atoms with Crippen LogP contribution in [0.25, 0.3) is 10.6 Å². The Morgan fingerprint density at radius 3 is 2.77 bits per heavy atom. The van der Waals surface area contributed by atoms with Gasteiger partial charge in [0.2, 0.25) is 0 Å². The highest BCUT2D eigenvalue weighted by molar-refractivity contribution is 7.13. The molecule has 2 heterocycles. The van der Waals surface area contributed by atoms with E-state index < -0.39 is 24.1 Å². The van der Waals surface area contributed by atoms with Crippen molar-refractivity contribution in [1.29, 1.82) is 0 Å². The van der Waals surface area contributed by atoms with Crippen molar-refractivity contribution in [3.05, 3.63) is 35.3 Å². The van der Waals surface area contributed by atoms with Crippen molar-refractivity contribution in [2.45, 2.75) is 44.8 Å². The summed E-state index contributed by atoms with van der Waals surface area (Å²) in [6.07, 6.45) is 3.41. The summed E-state index contributed by atoms with van der Waals surface area (Å²) in [7, 11) is 1.61. The molecule has 31 heavy (non-hydrogen) atoms. The maximum Gasteiger partial charge on any atom is 0.326 e. The number of methoxy groups -OCH3 is 1. The zero-order valence-electron chi connectivity index (χ0n) is 17.6. The van der Waals surface area contributed by atoms with Gasteiger partial charge in [0.05, 0.1) is 12.8 Å². The fraction of sp³-hybridized carbons (Fsp3) is 0.455. The standard InChI is InChI=1S/C22H25N3O5S/c1-14-5-3-4-10-22(14)20(27)25(21(28)24-22)11-18(26)30-12-16-13-31-19(23-16)15-6-8-17(29-2)9-7-15/h6-9,13-14H,3-5,10-12H2,1-2H3,(H,24,28). The Labute approximate surface area is 184 Å². The molecule has 1 aromatic carbocycles. The number of benzene rings is 1. The molecule has 1 aliphatic carbocycles. The molecule has 1 saturated carbocycles. The molecule has 0 bridgehead atoms. The first-order chi connectivity index (χ1) is 14.9. The lowest BCUT2D eigenvalue weighted by atomic mass is 9.73. The largest absolute Gasteiger partial charge is 0.497 e. The highest BCUT2D eigenvalue weighted by Crippen LogP contribution is 2.38. The van der Waals surface area contributed by atoms with Crippen molar-refractivity contribution in [3.63, 3.8) is 0 Å². The Balaban J connectivity index is 1.34. The van der Waals surface area contributed by atoms with Crippen LogP contribution in [0.1, 0.15) is 38.3 Å². The summed E-state index contributed by atoms with van der Waals surface area (Å²) in [4.78, 5) is 43.1. The summed E-state index contributed by atoms with van der Waals surface area (Å²) in [5, 5.41) is 5.46. The molecule has 1 aromatic heterocycles. The molecule has 164 valence electrons. The second kappa shape index (κ2) is 8.66. The van der Waals surface area contributed by atoms with Crippen molar-refractivity contribution >= 4 is 29.2 Å². The molecule has 2 aromatic rings. The normalized spacial score (nSPS) is 23.2. The number of nitrogens with one attached hydrogen (secondary N) is 1. The maximum atomic E-state index is 12.9. The molecule has 0 radical (unpaired) electrons. The van der Waals surface area contributed by atoms with Crippen LogP contribution in [0.2, 0.25) is 0 Å². The van der Waals surface area contributed by atoms with Gasteiger partial charge in [0, 0.05) is 10.9 Å². The van der Waals surface area contributed by atoms with Crippen molar-refractivity contribution in [2.24, 2.45) is 5.92 Å². The van der Waals surface area contributed by atoms with Gasteiger partial charge in [0.1, 0.15) is 29.4 Å². The van der Waals surface area contributed by atoms with Crippen LogP contribution >= 0.6 is 11.3 Å². The third-order valence-electron chi connectivity index (χ3n) is 6.06. The third-order valence-corrected chi connectivity index (χ3v) is 7.00. The minimum absolute atomic E-state index is 0.0172. The summed E-state index contributed by atoms with van der Waals surface area (Å²) in [6, 6.07) is 7.01. The molecule has 2 fully saturated rings. The molecule has 1 aliphatic heterocycles. The van der Waals surface area contributed by atoms with Gasteiger partial charge < -0.3 is 14.8 Å². The van der Waals surface area contributed by atoms with Gasteiger partial charge in [-0.3, -0.25) is 14.5 Å². The number of ether oxygens (including phenoxy) is 2. The van der Waals surface area contributed by atoms with E-state index >= 15 is 0 Å². The Morgan fingerprint density at radius 1 is 1.29 bits per heavy atom. The fourth-order valence-corrected chi connectivity index (χ4v) is 5.02. The van der Waals surface area contributed by atoms with Gasteiger partial charge in [-0.1, -0.05) is 19.8 Å². The van der Waals surface area contributed by atoms with Gasteiger partial charge in [-0.25, -0.2) is 9.78 Å². The lowest BCUT2D eigenvalue weighted by Gasteiger charge is -2.36. The van der Waals surface area contributed by atoms with E-state index in [1.54, 1.807) is 7.11 Å². The molecule has 1 N–H and O–H groups in total. The van der Waals surface area contributed by atoms with E-state index in [0.717, 1.165) is 40.5 Å². The number of aromatic nitrogens is 1. The molecule has 1 spiro atoms. The maximum absolute atomic E-state index is 12.9. The van der Waals surface area contributed by atoms with Gasteiger partial charge in [-0.2, -0.15) is 0 Å². The first kappa shape index (κ1) is 21.3. The van der Waals surface area contributed by atoms with Gasteiger partial charge in [-0.05, 0) is 43.0 Å². The van der Waals surface area contributed by atoms with Crippen molar-refractivity contribution < 1.29 is 23.9 Å². The van der Waals surface area contributed by atoms with Crippen molar-refractivity contribution in [3.8, 4) is 16.3 Å². The number of amides is 3. The molecular formula is C22H25N3O5S. The Kier molecular flexibility index (Phi) is 5.95. The van der Waals surface area contributed by atoms with Gasteiger partial charge >= 0.3 is 12.0 Å². The highest BCUT2D eigenvalue weighted by Gasteiger charge is 2.55. The Morgan fingerprint density at radius 2 is 2.06 bits per heavy atom. The van der Waals surface area contributed by atoms with E-state index in [2.05, 4.69) is 10.3 Å². The number of imide groups is 1. The van der Waals surface area contributed by atoms with E-state index in [0.29, 0.717) is 12.1 Å². The van der Waals surface area contributed by atoms with Crippen LogP contribution in [0.4, 0.5) is 4.79 Å². The van der Waals surface area contributed by atoms with Gasteiger partial charge in [0.25, 0.3) is 5.91 Å². The SMILES string of the molecule is COc1ccc(-c2nc(COC(=O)CN3C(=O)NC4(CCCCC4C)C3=O)cs2)cc1. The van der Waals surface area contributed by atoms with E-state index in [-0.39, 0.29) is 18.4 Å². The zero-order chi connectivity index (χ0) is 22.0. The van der Waals surface area contributed by atoms with E-state index in [1.165, 1.54) is 11.3 Å². The van der Waals surface area contributed by atoms with Gasteiger partial charge in [-0.15, -0.1) is 11.3 Å². The van der Waals surface area contributed by atoms with Crippen LogP contribution in [-0.4, -0.2) is 47.0 Å². The number of hydrogen-bond acceptors (Lipinski definition) is 7. The van der Waals surface area contributed by atoms with Crippen LogP contribution < -0.4 is 10.1 Å². The number of carbonyl (C=O) groups is 3. The van der Waals surface area contributed by atoms with Crippen LogP contribution in [0, 0.1) is 5.92 Å². The van der Waals surface area contributed by atoms with Crippen LogP contribution in [0.5, 0.6) is 5.75 Å². The quantitative estimate of drug-likeness (QED) is 0.543. The smallest absolute Gasteiger partial charge is 0.326 e. The number of hydrogen-bond donors (Lipinski definition) is 1. The second-order valence-electron chi connectivity index (χ2n) is 7.97. The third kappa shape index (κ3) is 4.14. The fourth-order valence-electron chi connectivity index (χ4n) is 4.21. The van der Waals surface area contributed by atoms with E-state index in [9.17, 15) is 14.4 Å². The van der Waals surface area contributed by atoms with E-state index in [4.69, 9.17) is 9.47 Å². The number of rotatable bonds is 6. The monoisotopic (exact) mass is 443 g/mol. The molecule has 2 unspecified atom stereocenters. The van der Waals surface area contributed by atoms with Crippen LogP contribution in [0.3, 0.4) is 0 Å². The van der Waals surface area contributed by atoms with Crippen LogP contribution in [-0.2, 0) is 20.9 Å². The first-order valence-electron chi connectivity index (χ1n) is 10.3. The molecule has 3 amide bonds. The summed E-state index contributed by atoms with van der Waals surface area (Å²) < 4.78 is 10.4. The van der Waals surface area contributed by atoms with Crippen molar-refractivity contribution in [1.82, 2.24) is 15.2 Å². The molecular weight excluding hydrogens is 418 g/mol.